The first kappa shape index (κ1) is 12.7. The number of aliphatic hydroxyl groups is 1. The average molecular weight is 264 g/mol. The van der Waals surface area contributed by atoms with Gasteiger partial charge in [-0.15, -0.1) is 0 Å². The topological polar surface area (TPSA) is 29.5 Å². The molecule has 20 heavy (non-hydrogen) atoms. The summed E-state index contributed by atoms with van der Waals surface area (Å²) in [6.07, 6.45) is 2.67. The van der Waals surface area contributed by atoms with Gasteiger partial charge in [0.05, 0.1) is 0 Å². The van der Waals surface area contributed by atoms with Crippen molar-refractivity contribution >= 4 is 11.6 Å². The minimum absolute atomic E-state index is 0.725. The van der Waals surface area contributed by atoms with Gasteiger partial charge in [0.1, 0.15) is 5.75 Å². The normalized spacial score (nSPS) is 16.9. The van der Waals surface area contributed by atoms with Crippen molar-refractivity contribution in [1.82, 2.24) is 0 Å². The van der Waals surface area contributed by atoms with Gasteiger partial charge >= 0.3 is 0 Å². The number of rotatable bonds is 2. The molecule has 1 heterocycles. The number of allylic oxidation sites excluding steroid dienone is 1. The molecule has 2 nitrogen and oxygen atoms in total. The second kappa shape index (κ2) is 4.99. The summed E-state index contributed by atoms with van der Waals surface area (Å²) in [5, 5.41) is 9.65. The molecule has 0 radical (unpaired) electrons. The second-order valence-corrected chi connectivity index (χ2v) is 4.90. The largest absolute Gasteiger partial charge is 0.461 e. The maximum atomic E-state index is 9.65. The summed E-state index contributed by atoms with van der Waals surface area (Å²) in [7, 11) is 0. The second-order valence-electron chi connectivity index (χ2n) is 4.90. The number of hydrogen-bond donors (Lipinski definition) is 1. The smallest absolute Gasteiger partial charge is 0.217 e. The quantitative estimate of drug-likeness (QED) is 0.884. The van der Waals surface area contributed by atoms with Gasteiger partial charge in [-0.25, -0.2) is 0 Å². The van der Waals surface area contributed by atoms with Gasteiger partial charge in [-0.3, -0.25) is 0 Å². The fourth-order valence-electron chi connectivity index (χ4n) is 2.40. The van der Waals surface area contributed by atoms with E-state index in [2.05, 4.69) is 24.8 Å². The highest BCUT2D eigenvalue weighted by atomic mass is 16.6. The first-order valence-corrected chi connectivity index (χ1v) is 6.58. The predicted molar refractivity (Wildman–Crippen MR) is 82.3 cm³/mol. The lowest BCUT2D eigenvalue weighted by molar-refractivity contribution is 0.0225. The van der Waals surface area contributed by atoms with Gasteiger partial charge in [-0.2, -0.15) is 0 Å². The molecule has 1 aliphatic rings. The third kappa shape index (κ3) is 2.26. The van der Waals surface area contributed by atoms with Crippen LogP contribution in [0.4, 0.5) is 0 Å². The van der Waals surface area contributed by atoms with Crippen LogP contribution >= 0.6 is 0 Å². The molecule has 100 valence electrons. The van der Waals surface area contributed by atoms with E-state index < -0.39 is 6.29 Å². The molecule has 0 aliphatic carbocycles. The molecule has 1 aliphatic heterocycles. The van der Waals surface area contributed by atoms with E-state index in [1.165, 1.54) is 0 Å². The summed E-state index contributed by atoms with van der Waals surface area (Å²) in [5.74, 6) is 0.725. The summed E-state index contributed by atoms with van der Waals surface area (Å²) in [6, 6.07) is 14.2. The Labute approximate surface area is 118 Å². The highest BCUT2D eigenvalue weighted by Gasteiger charge is 2.16. The van der Waals surface area contributed by atoms with E-state index in [0.29, 0.717) is 0 Å². The van der Waals surface area contributed by atoms with Crippen molar-refractivity contribution in [2.75, 3.05) is 0 Å². The van der Waals surface area contributed by atoms with Crippen molar-refractivity contribution < 1.29 is 9.84 Å². The Hall–Kier alpha value is -2.32. The minimum Gasteiger partial charge on any atom is -0.461 e. The van der Waals surface area contributed by atoms with Crippen molar-refractivity contribution in [3.63, 3.8) is 0 Å². The Morgan fingerprint density at radius 2 is 1.80 bits per heavy atom. The van der Waals surface area contributed by atoms with Gasteiger partial charge < -0.3 is 9.84 Å². The SMILES string of the molecule is C=Cc1ccc(-c2ccc3c(c2)OC(O)C=C3C)cc1. The zero-order valence-electron chi connectivity index (χ0n) is 11.3. The van der Waals surface area contributed by atoms with E-state index in [-0.39, 0.29) is 0 Å². The van der Waals surface area contributed by atoms with Gasteiger partial charge in [0.2, 0.25) is 6.29 Å². The summed E-state index contributed by atoms with van der Waals surface area (Å²) >= 11 is 0. The molecule has 1 unspecified atom stereocenters. The molecule has 0 amide bonds. The highest BCUT2D eigenvalue weighted by Crippen LogP contribution is 2.35. The Morgan fingerprint density at radius 1 is 1.10 bits per heavy atom. The number of benzene rings is 2. The van der Waals surface area contributed by atoms with Gasteiger partial charge in [-0.1, -0.05) is 49.1 Å². The zero-order chi connectivity index (χ0) is 14.1. The maximum absolute atomic E-state index is 9.65. The molecule has 0 bridgehead atoms. The summed E-state index contributed by atoms with van der Waals surface area (Å²) < 4.78 is 5.47. The first-order chi connectivity index (χ1) is 9.67. The lowest BCUT2D eigenvalue weighted by Crippen LogP contribution is -2.17. The molecule has 0 aromatic heterocycles. The number of hydrogen-bond acceptors (Lipinski definition) is 2. The average Bonchev–Trinajstić information content (AvgIpc) is 2.46. The van der Waals surface area contributed by atoms with Crippen molar-refractivity contribution in [2.45, 2.75) is 13.2 Å². The Balaban J connectivity index is 2.02. The van der Waals surface area contributed by atoms with E-state index in [1.807, 2.05) is 37.3 Å². The van der Waals surface area contributed by atoms with Crippen molar-refractivity contribution in [1.29, 1.82) is 0 Å². The van der Waals surface area contributed by atoms with Crippen LogP contribution < -0.4 is 4.74 Å². The van der Waals surface area contributed by atoms with Crippen molar-refractivity contribution in [2.24, 2.45) is 0 Å². The fourth-order valence-corrected chi connectivity index (χ4v) is 2.40. The third-order valence-electron chi connectivity index (χ3n) is 3.53. The molecule has 3 rings (SSSR count). The lowest BCUT2D eigenvalue weighted by Gasteiger charge is -2.21. The molecular formula is C18H16O2. The first-order valence-electron chi connectivity index (χ1n) is 6.58. The van der Waals surface area contributed by atoms with Gasteiger partial charge in [0, 0.05) is 5.56 Å². The molecule has 2 aromatic carbocycles. The lowest BCUT2D eigenvalue weighted by atomic mass is 9.98. The van der Waals surface area contributed by atoms with Crippen LogP contribution in [0.3, 0.4) is 0 Å². The van der Waals surface area contributed by atoms with E-state index >= 15 is 0 Å². The van der Waals surface area contributed by atoms with Crippen LogP contribution in [0, 0.1) is 0 Å². The summed E-state index contributed by atoms with van der Waals surface area (Å²) in [4.78, 5) is 0. The van der Waals surface area contributed by atoms with Crippen molar-refractivity contribution in [3.05, 3.63) is 66.2 Å². The van der Waals surface area contributed by atoms with Gasteiger partial charge in [-0.05, 0) is 41.3 Å². The summed E-state index contributed by atoms with van der Waals surface area (Å²) in [6.45, 7) is 5.73. The molecule has 0 spiro atoms. The minimum atomic E-state index is -0.860. The third-order valence-corrected chi connectivity index (χ3v) is 3.53. The van der Waals surface area contributed by atoms with Crippen molar-refractivity contribution in [3.8, 4) is 16.9 Å². The molecule has 0 saturated carbocycles. The molecule has 2 aromatic rings. The van der Waals surface area contributed by atoms with E-state index in [9.17, 15) is 5.11 Å². The van der Waals surface area contributed by atoms with Crippen LogP contribution in [-0.2, 0) is 0 Å². The van der Waals surface area contributed by atoms with Crippen LogP contribution in [0.1, 0.15) is 18.1 Å². The molecule has 0 fully saturated rings. The Kier molecular flexibility index (Phi) is 3.17. The predicted octanol–water partition coefficient (Wildman–Crippen LogP) is 4.11. The van der Waals surface area contributed by atoms with Gasteiger partial charge in [0.15, 0.2) is 0 Å². The van der Waals surface area contributed by atoms with Crippen LogP contribution in [0.5, 0.6) is 5.75 Å². The Morgan fingerprint density at radius 3 is 2.50 bits per heavy atom. The fraction of sp³-hybridized carbons (Fsp3) is 0.111. The van der Waals surface area contributed by atoms with E-state index in [1.54, 1.807) is 6.08 Å². The molecule has 1 atom stereocenters. The van der Waals surface area contributed by atoms with Crippen LogP contribution in [0.15, 0.2) is 55.1 Å². The van der Waals surface area contributed by atoms with Crippen LogP contribution in [0.25, 0.3) is 22.8 Å². The van der Waals surface area contributed by atoms with Crippen LogP contribution in [0.2, 0.25) is 0 Å². The number of fused-ring (bicyclic) bond motifs is 1. The zero-order valence-corrected chi connectivity index (χ0v) is 11.3. The summed E-state index contributed by atoms with van der Waals surface area (Å²) in [5.41, 5.74) is 5.34. The Bertz CT molecular complexity index is 681. The number of aliphatic hydroxyl groups excluding tert-OH is 1. The maximum Gasteiger partial charge on any atom is 0.217 e. The molecular weight excluding hydrogens is 248 g/mol. The monoisotopic (exact) mass is 264 g/mol. The van der Waals surface area contributed by atoms with E-state index in [4.69, 9.17) is 4.74 Å². The standard InChI is InChI=1S/C18H16O2/c1-3-13-4-6-14(7-5-13)15-8-9-16-12(2)10-18(19)20-17(16)11-15/h3-11,18-19H,1H2,2H3. The molecule has 0 saturated heterocycles. The molecule has 1 N–H and O–H groups in total. The molecule has 2 heteroatoms. The highest BCUT2D eigenvalue weighted by molar-refractivity contribution is 5.76. The van der Waals surface area contributed by atoms with Gasteiger partial charge in [0.25, 0.3) is 0 Å². The number of ether oxygens (including phenoxy) is 1. The van der Waals surface area contributed by atoms with E-state index in [0.717, 1.165) is 33.6 Å². The van der Waals surface area contributed by atoms with Crippen LogP contribution in [-0.4, -0.2) is 11.4 Å².